The molecule has 1 saturated heterocycles. The minimum absolute atomic E-state index is 0.296. The molecule has 0 bridgehead atoms. The van der Waals surface area contributed by atoms with E-state index in [1.54, 1.807) is 24.3 Å². The Morgan fingerprint density at radius 1 is 1.15 bits per heavy atom. The Bertz CT molecular complexity index is 986. The molecular weight excluding hydrogens is 437 g/mol. The lowest BCUT2D eigenvalue weighted by Crippen LogP contribution is -2.36. The van der Waals surface area contributed by atoms with Gasteiger partial charge in [-0.25, -0.2) is 0 Å². The van der Waals surface area contributed by atoms with Crippen molar-refractivity contribution in [1.29, 1.82) is 0 Å². The number of nitrogens with zero attached hydrogens (tertiary/aromatic N) is 1. The van der Waals surface area contributed by atoms with Gasteiger partial charge in [0.05, 0.1) is 38.2 Å². The quantitative estimate of drug-likeness (QED) is 0.558. The second-order valence-electron chi connectivity index (χ2n) is 7.41. The van der Waals surface area contributed by atoms with Gasteiger partial charge in [-0.15, -0.1) is 0 Å². The van der Waals surface area contributed by atoms with Crippen LogP contribution in [0.4, 0.5) is 24.5 Å². The lowest BCUT2D eigenvalue weighted by Gasteiger charge is -2.29. The first kappa shape index (κ1) is 24.4. The van der Waals surface area contributed by atoms with Crippen molar-refractivity contribution < 1.29 is 32.2 Å². The summed E-state index contributed by atoms with van der Waals surface area (Å²) in [4.78, 5) is 14.2. The molecule has 2 aromatic rings. The summed E-state index contributed by atoms with van der Waals surface area (Å²) in [6.07, 6.45) is -1.09. The fourth-order valence-electron chi connectivity index (χ4n) is 3.36. The van der Waals surface area contributed by atoms with Crippen LogP contribution in [0, 0.1) is 0 Å². The molecule has 0 atom stereocenters. The molecule has 1 N–H and O–H groups in total. The van der Waals surface area contributed by atoms with Gasteiger partial charge in [-0.1, -0.05) is 13.0 Å². The molecule has 6 nitrogen and oxygen atoms in total. The molecule has 2 aromatic carbocycles. The third kappa shape index (κ3) is 6.64. The number of amides is 1. The predicted molar refractivity (Wildman–Crippen MR) is 121 cm³/mol. The topological polar surface area (TPSA) is 60.0 Å². The number of rotatable bonds is 8. The number of morpholine rings is 1. The molecule has 1 aliphatic heterocycles. The summed E-state index contributed by atoms with van der Waals surface area (Å²) in [5.41, 5.74) is -0.108. The highest BCUT2D eigenvalue weighted by atomic mass is 19.4. The SMILES string of the molecule is CCCOc1ccc(/C=C/C(=O)Nc2ccc(N3CCOCC3)cc2C(F)(F)F)cc1OC. The van der Waals surface area contributed by atoms with E-state index in [1.165, 1.54) is 25.3 Å². The lowest BCUT2D eigenvalue weighted by molar-refractivity contribution is -0.136. The zero-order chi connectivity index (χ0) is 23.8. The highest BCUT2D eigenvalue weighted by Gasteiger charge is 2.34. The molecule has 1 amide bonds. The third-order valence-corrected chi connectivity index (χ3v) is 5.02. The van der Waals surface area contributed by atoms with Gasteiger partial charge in [-0.2, -0.15) is 13.2 Å². The Hall–Kier alpha value is -3.20. The first-order valence-corrected chi connectivity index (χ1v) is 10.7. The van der Waals surface area contributed by atoms with Gasteiger partial charge in [0, 0.05) is 24.9 Å². The molecule has 178 valence electrons. The summed E-state index contributed by atoms with van der Waals surface area (Å²) in [5, 5.41) is 2.34. The van der Waals surface area contributed by atoms with Crippen molar-refractivity contribution in [3.8, 4) is 11.5 Å². The van der Waals surface area contributed by atoms with Gasteiger partial charge >= 0.3 is 6.18 Å². The molecule has 0 aliphatic carbocycles. The van der Waals surface area contributed by atoms with Gasteiger partial charge in [0.1, 0.15) is 0 Å². The van der Waals surface area contributed by atoms with Crippen LogP contribution >= 0.6 is 0 Å². The largest absolute Gasteiger partial charge is 0.493 e. The molecule has 3 rings (SSSR count). The molecule has 1 fully saturated rings. The van der Waals surface area contributed by atoms with Crippen LogP contribution in [0.2, 0.25) is 0 Å². The fourth-order valence-corrected chi connectivity index (χ4v) is 3.36. The van der Waals surface area contributed by atoms with Crippen LogP contribution in [0.3, 0.4) is 0 Å². The molecule has 33 heavy (non-hydrogen) atoms. The number of carbonyl (C=O) groups excluding carboxylic acids is 1. The van der Waals surface area contributed by atoms with Gasteiger partial charge in [0.15, 0.2) is 11.5 Å². The summed E-state index contributed by atoms with van der Waals surface area (Å²) in [6.45, 7) is 4.47. The van der Waals surface area contributed by atoms with Crippen molar-refractivity contribution in [2.75, 3.05) is 50.2 Å². The van der Waals surface area contributed by atoms with E-state index >= 15 is 0 Å². The number of nitrogens with one attached hydrogen (secondary N) is 1. The van der Waals surface area contributed by atoms with Crippen LogP contribution in [0.1, 0.15) is 24.5 Å². The summed E-state index contributed by atoms with van der Waals surface area (Å²) in [5.74, 6) is 0.407. The zero-order valence-electron chi connectivity index (χ0n) is 18.6. The second-order valence-corrected chi connectivity index (χ2v) is 7.41. The first-order valence-electron chi connectivity index (χ1n) is 10.7. The minimum Gasteiger partial charge on any atom is -0.493 e. The number of anilines is 2. The fraction of sp³-hybridized carbons (Fsp3) is 0.375. The summed E-state index contributed by atoms with van der Waals surface area (Å²) >= 11 is 0. The average Bonchev–Trinajstić information content (AvgIpc) is 2.81. The number of benzene rings is 2. The molecule has 9 heteroatoms. The Balaban J connectivity index is 1.74. The van der Waals surface area contributed by atoms with Crippen molar-refractivity contribution in [3.63, 3.8) is 0 Å². The van der Waals surface area contributed by atoms with Gasteiger partial charge in [0.25, 0.3) is 0 Å². The van der Waals surface area contributed by atoms with E-state index in [4.69, 9.17) is 14.2 Å². The Morgan fingerprint density at radius 3 is 2.58 bits per heavy atom. The lowest BCUT2D eigenvalue weighted by atomic mass is 10.1. The number of methoxy groups -OCH3 is 1. The van der Waals surface area contributed by atoms with Crippen LogP contribution in [-0.2, 0) is 15.7 Å². The number of hydrogen-bond acceptors (Lipinski definition) is 5. The van der Waals surface area contributed by atoms with Crippen molar-refractivity contribution in [2.45, 2.75) is 19.5 Å². The van der Waals surface area contributed by atoms with E-state index in [2.05, 4.69) is 5.32 Å². The predicted octanol–water partition coefficient (Wildman–Crippen LogP) is 4.99. The molecule has 0 unspecified atom stereocenters. The van der Waals surface area contributed by atoms with Gasteiger partial charge < -0.3 is 24.4 Å². The van der Waals surface area contributed by atoms with E-state index in [0.717, 1.165) is 12.5 Å². The number of hydrogen-bond donors (Lipinski definition) is 1. The van der Waals surface area contributed by atoms with Crippen molar-refractivity contribution in [1.82, 2.24) is 0 Å². The maximum Gasteiger partial charge on any atom is 0.418 e. The monoisotopic (exact) mass is 464 g/mol. The van der Waals surface area contributed by atoms with E-state index in [0.29, 0.717) is 55.7 Å². The molecular formula is C24H27F3N2O4. The van der Waals surface area contributed by atoms with E-state index in [1.807, 2.05) is 11.8 Å². The first-order chi connectivity index (χ1) is 15.8. The Morgan fingerprint density at radius 2 is 1.91 bits per heavy atom. The van der Waals surface area contributed by atoms with Crippen LogP contribution < -0.4 is 19.7 Å². The molecule has 1 heterocycles. The third-order valence-electron chi connectivity index (χ3n) is 5.02. The summed E-state index contributed by atoms with van der Waals surface area (Å²) in [6, 6.07) is 9.05. The van der Waals surface area contributed by atoms with Gasteiger partial charge in [-0.05, 0) is 48.4 Å². The molecule has 0 aromatic heterocycles. The standard InChI is InChI=1S/C24H27F3N2O4/c1-3-12-33-21-8-4-17(15-22(21)31-2)5-9-23(30)28-20-7-6-18(16-19(20)24(25,26)27)29-10-13-32-14-11-29/h4-9,15-16H,3,10-14H2,1-2H3,(H,28,30)/b9-5+. The van der Waals surface area contributed by atoms with Crippen molar-refractivity contribution in [3.05, 3.63) is 53.6 Å². The smallest absolute Gasteiger partial charge is 0.418 e. The molecule has 0 spiro atoms. The van der Waals surface area contributed by atoms with Crippen molar-refractivity contribution in [2.24, 2.45) is 0 Å². The Labute approximate surface area is 190 Å². The summed E-state index contributed by atoms with van der Waals surface area (Å²) < 4.78 is 57.2. The highest BCUT2D eigenvalue weighted by molar-refractivity contribution is 6.02. The van der Waals surface area contributed by atoms with Crippen LogP contribution in [-0.4, -0.2) is 45.9 Å². The zero-order valence-corrected chi connectivity index (χ0v) is 18.6. The summed E-state index contributed by atoms with van der Waals surface area (Å²) in [7, 11) is 1.51. The van der Waals surface area contributed by atoms with Crippen molar-refractivity contribution >= 4 is 23.4 Å². The average molecular weight is 464 g/mol. The van der Waals surface area contributed by atoms with Gasteiger partial charge in [-0.3, -0.25) is 4.79 Å². The maximum atomic E-state index is 13.7. The van der Waals surface area contributed by atoms with E-state index < -0.39 is 17.6 Å². The van der Waals surface area contributed by atoms with Gasteiger partial charge in [0.2, 0.25) is 5.91 Å². The molecule has 0 saturated carbocycles. The minimum atomic E-state index is -4.61. The number of ether oxygens (including phenoxy) is 3. The molecule has 1 aliphatic rings. The normalized spacial score (nSPS) is 14.4. The van der Waals surface area contributed by atoms with Crippen LogP contribution in [0.25, 0.3) is 6.08 Å². The highest BCUT2D eigenvalue weighted by Crippen LogP contribution is 2.37. The van der Waals surface area contributed by atoms with Crippen LogP contribution in [0.5, 0.6) is 11.5 Å². The number of carbonyl (C=O) groups is 1. The van der Waals surface area contributed by atoms with E-state index in [-0.39, 0.29) is 5.69 Å². The van der Waals surface area contributed by atoms with Crippen LogP contribution in [0.15, 0.2) is 42.5 Å². The second kappa shape index (κ2) is 11.1. The number of alkyl halides is 3. The molecule has 0 radical (unpaired) electrons. The maximum absolute atomic E-state index is 13.7. The number of halogens is 3. The Kier molecular flexibility index (Phi) is 8.21. The van der Waals surface area contributed by atoms with E-state index in [9.17, 15) is 18.0 Å².